The van der Waals surface area contributed by atoms with Crippen LogP contribution in [-0.2, 0) is 0 Å². The quantitative estimate of drug-likeness (QED) is 0.0593. The number of anilines is 2. The maximum atomic E-state index is 11.3. The lowest BCUT2D eigenvalue weighted by molar-refractivity contribution is 0.345. The van der Waals surface area contributed by atoms with Gasteiger partial charge in [0.05, 0.1) is 33.2 Å². The first-order chi connectivity index (χ1) is 38.4. The molecule has 12 aromatic rings. The van der Waals surface area contributed by atoms with Crippen LogP contribution in [0.4, 0.5) is 11.4 Å². The maximum absolute atomic E-state index is 11.3. The first-order valence-electron chi connectivity index (χ1n) is 25.9. The minimum atomic E-state index is -0.985. The van der Waals surface area contributed by atoms with Crippen molar-refractivity contribution in [3.63, 3.8) is 0 Å². The summed E-state index contributed by atoms with van der Waals surface area (Å²) in [6, 6.07) is 57.3. The first-order valence-corrected chi connectivity index (χ1v) is 25.9. The molecule has 0 fully saturated rings. The molecule has 0 amide bonds. The van der Waals surface area contributed by atoms with Gasteiger partial charge in [0.2, 0.25) is 17.2 Å². The van der Waals surface area contributed by atoms with Gasteiger partial charge in [-0.3, -0.25) is 0 Å². The zero-order valence-electron chi connectivity index (χ0n) is 42.8. The SMILES string of the molecule is Cc1c(C)c(-c2nc(-c3ccc(N4C5=CC=C(n6c7ccccc7c7ccccc76)CC5c5cc(-n6c7ccccc7c7ccc(-c8ccccc8)cc76)ccc54)cc3)nc(-c3c(C)c(O)c(O)c(O)c3O)n2)c(O)c(O)c1O. The van der Waals surface area contributed by atoms with Crippen LogP contribution in [0.5, 0.6) is 40.2 Å². The van der Waals surface area contributed by atoms with E-state index in [1.807, 2.05) is 30.3 Å². The molecule has 0 spiro atoms. The highest BCUT2D eigenvalue weighted by Gasteiger charge is 2.38. The molecule has 9 aromatic carbocycles. The Morgan fingerprint density at radius 3 is 1.54 bits per heavy atom. The summed E-state index contributed by atoms with van der Waals surface area (Å²) in [7, 11) is 0. The fourth-order valence-electron chi connectivity index (χ4n) is 12.0. The molecule has 1 atom stereocenters. The van der Waals surface area contributed by atoms with Crippen LogP contribution in [0.1, 0.15) is 34.6 Å². The average Bonchev–Trinajstić information content (AvgIpc) is 3.76. The summed E-state index contributed by atoms with van der Waals surface area (Å²) in [6.45, 7) is 4.60. The van der Waals surface area contributed by atoms with Gasteiger partial charge in [-0.2, -0.15) is 0 Å². The lowest BCUT2D eigenvalue weighted by Gasteiger charge is -2.27. The zero-order chi connectivity index (χ0) is 54.1. The van der Waals surface area contributed by atoms with E-state index in [0.29, 0.717) is 17.5 Å². The Morgan fingerprint density at radius 2 is 0.899 bits per heavy atom. The van der Waals surface area contributed by atoms with E-state index in [4.69, 9.17) is 9.97 Å². The molecule has 0 saturated heterocycles. The zero-order valence-corrected chi connectivity index (χ0v) is 42.8. The number of benzene rings is 9. The minimum Gasteiger partial charge on any atom is -0.504 e. The number of hydrogen-bond donors (Lipinski definition) is 7. The van der Waals surface area contributed by atoms with Crippen LogP contribution in [0.25, 0.3) is 100 Å². The summed E-state index contributed by atoms with van der Waals surface area (Å²) in [5.74, 6) is -5.74. The normalized spacial score (nSPS) is 14.1. The van der Waals surface area contributed by atoms with Crippen LogP contribution >= 0.6 is 0 Å². The summed E-state index contributed by atoms with van der Waals surface area (Å²) < 4.78 is 4.78. The number of phenolic OH excluding ortho intramolecular Hbond substituents is 7. The molecule has 7 N–H and O–H groups in total. The van der Waals surface area contributed by atoms with E-state index >= 15 is 0 Å². The van der Waals surface area contributed by atoms with Crippen molar-refractivity contribution in [1.29, 1.82) is 0 Å². The summed E-state index contributed by atoms with van der Waals surface area (Å²) in [4.78, 5) is 16.4. The third-order valence-corrected chi connectivity index (χ3v) is 16.1. The fraction of sp³-hybridized carbons (Fsp3) is 0.0758. The van der Waals surface area contributed by atoms with Crippen LogP contribution < -0.4 is 4.90 Å². The molecule has 14 rings (SSSR count). The molecular formula is C66H48N6O7. The molecule has 384 valence electrons. The van der Waals surface area contributed by atoms with Gasteiger partial charge in [-0.1, -0.05) is 97.1 Å². The van der Waals surface area contributed by atoms with Crippen LogP contribution in [0.3, 0.4) is 0 Å². The number of aromatic nitrogens is 5. The van der Waals surface area contributed by atoms with E-state index in [1.54, 1.807) is 13.8 Å². The molecule has 0 saturated carbocycles. The van der Waals surface area contributed by atoms with Gasteiger partial charge in [-0.15, -0.1) is 0 Å². The second-order valence-corrected chi connectivity index (χ2v) is 20.3. The lowest BCUT2D eigenvalue weighted by Crippen LogP contribution is -2.16. The van der Waals surface area contributed by atoms with Gasteiger partial charge < -0.3 is 49.8 Å². The standard InChI is InChI=1S/C66H48N6O7/c1-34-35(2)57(73)61(77)59(75)55(34)65-67-64(68-66(69-65)56-36(3)58(74)62(78)63(79)60(56)76)38-21-24-40(25-22-38)70-52-29-26-41(71-49-18-10-7-15-43(49)44-16-8-11-19-50(44)71)32-47(52)48-33-42(27-30-53(48)70)72-51-20-12-9-17-45(51)46-28-23-39(31-54(46)72)37-13-5-4-6-14-37/h4-31,33,47,73-79H,32H2,1-3H3. The van der Waals surface area contributed by atoms with Crippen molar-refractivity contribution in [3.05, 3.63) is 204 Å². The number of fused-ring (bicyclic) bond motifs is 9. The second kappa shape index (κ2) is 17.5. The monoisotopic (exact) mass is 1040 g/mol. The van der Waals surface area contributed by atoms with Crippen LogP contribution in [-0.4, -0.2) is 59.8 Å². The van der Waals surface area contributed by atoms with Gasteiger partial charge in [-0.05, 0) is 127 Å². The van der Waals surface area contributed by atoms with Crippen molar-refractivity contribution in [3.8, 4) is 91.2 Å². The van der Waals surface area contributed by atoms with Crippen molar-refractivity contribution >= 4 is 60.7 Å². The highest BCUT2D eigenvalue weighted by molar-refractivity contribution is 6.11. The highest BCUT2D eigenvalue weighted by Crippen LogP contribution is 2.55. The molecule has 79 heavy (non-hydrogen) atoms. The summed E-state index contributed by atoms with van der Waals surface area (Å²) in [5, 5.41) is 80.7. The molecular weight excluding hydrogens is 989 g/mol. The number of nitrogens with zero attached hydrogens (tertiary/aromatic N) is 6. The van der Waals surface area contributed by atoms with E-state index in [9.17, 15) is 35.7 Å². The molecule has 1 unspecified atom stereocenters. The predicted octanol–water partition coefficient (Wildman–Crippen LogP) is 14.7. The molecule has 0 bridgehead atoms. The topological polar surface area (TPSA) is 193 Å². The highest BCUT2D eigenvalue weighted by atomic mass is 16.3. The first kappa shape index (κ1) is 47.0. The molecule has 4 heterocycles. The van der Waals surface area contributed by atoms with Crippen LogP contribution in [0, 0.1) is 20.8 Å². The number of phenols is 7. The lowest BCUT2D eigenvalue weighted by atomic mass is 9.89. The molecule has 3 aromatic heterocycles. The molecule has 2 aliphatic rings. The van der Waals surface area contributed by atoms with Crippen LogP contribution in [0.15, 0.2) is 182 Å². The Morgan fingerprint density at radius 1 is 0.392 bits per heavy atom. The van der Waals surface area contributed by atoms with E-state index in [1.165, 1.54) is 34.2 Å². The van der Waals surface area contributed by atoms with E-state index in [2.05, 4.69) is 165 Å². The fourth-order valence-corrected chi connectivity index (χ4v) is 12.0. The van der Waals surface area contributed by atoms with Gasteiger partial charge in [0.15, 0.2) is 40.5 Å². The maximum Gasteiger partial charge on any atom is 0.205 e. The van der Waals surface area contributed by atoms with Gasteiger partial charge in [0.1, 0.15) is 0 Å². The van der Waals surface area contributed by atoms with Crippen molar-refractivity contribution in [2.75, 3.05) is 4.90 Å². The summed E-state index contributed by atoms with van der Waals surface area (Å²) in [5.41, 5.74) is 13.9. The minimum absolute atomic E-state index is 0.0205. The average molecular weight is 1040 g/mol. The molecule has 1 aliphatic carbocycles. The van der Waals surface area contributed by atoms with E-state index in [-0.39, 0.29) is 45.6 Å². The molecule has 13 heteroatoms. The number of para-hydroxylation sites is 3. The largest absolute Gasteiger partial charge is 0.504 e. The summed E-state index contributed by atoms with van der Waals surface area (Å²) in [6.07, 6.45) is 5.18. The van der Waals surface area contributed by atoms with Crippen molar-refractivity contribution in [1.82, 2.24) is 24.1 Å². The Balaban J connectivity index is 0.941. The third kappa shape index (κ3) is 6.99. The van der Waals surface area contributed by atoms with Crippen molar-refractivity contribution < 1.29 is 35.7 Å². The molecule has 13 nitrogen and oxygen atoms in total. The molecule has 0 radical (unpaired) electrons. The van der Waals surface area contributed by atoms with Crippen LogP contribution in [0.2, 0.25) is 0 Å². The Labute approximate surface area is 451 Å². The molecule has 1 aliphatic heterocycles. The van der Waals surface area contributed by atoms with Crippen molar-refractivity contribution in [2.24, 2.45) is 0 Å². The van der Waals surface area contributed by atoms with Crippen molar-refractivity contribution in [2.45, 2.75) is 33.1 Å². The number of hydrogen-bond acceptors (Lipinski definition) is 11. The summed E-state index contributed by atoms with van der Waals surface area (Å²) >= 11 is 0. The number of rotatable bonds is 7. The third-order valence-electron chi connectivity index (χ3n) is 16.1. The predicted molar refractivity (Wildman–Crippen MR) is 310 cm³/mol. The van der Waals surface area contributed by atoms with E-state index < -0.39 is 40.2 Å². The number of aromatic hydroxyl groups is 7. The van der Waals surface area contributed by atoms with E-state index in [0.717, 1.165) is 61.5 Å². The van der Waals surface area contributed by atoms with Gasteiger partial charge >= 0.3 is 0 Å². The Kier molecular flexibility index (Phi) is 10.4. The smallest absolute Gasteiger partial charge is 0.205 e. The van der Waals surface area contributed by atoms with Gasteiger partial charge in [-0.25, -0.2) is 15.0 Å². The number of allylic oxidation sites excluding steroid dienone is 4. The van der Waals surface area contributed by atoms with Gasteiger partial charge in [0.25, 0.3) is 0 Å². The Bertz CT molecular complexity index is 4450. The second-order valence-electron chi connectivity index (χ2n) is 20.3. The Hall–Kier alpha value is -10.5. The van der Waals surface area contributed by atoms with Gasteiger partial charge in [0, 0.05) is 73.5 Å².